The highest BCUT2D eigenvalue weighted by Crippen LogP contribution is 2.40. The minimum atomic E-state index is -0.304. The van der Waals surface area contributed by atoms with Crippen molar-refractivity contribution in [3.63, 3.8) is 0 Å². The Hall–Kier alpha value is -1.20. The van der Waals surface area contributed by atoms with Gasteiger partial charge < -0.3 is 9.31 Å². The number of amidine groups is 1. The highest BCUT2D eigenvalue weighted by Gasteiger charge is 2.52. The fourth-order valence-electron chi connectivity index (χ4n) is 2.16. The lowest BCUT2D eigenvalue weighted by Crippen LogP contribution is -2.41. The molecule has 3 aliphatic rings. The maximum Gasteiger partial charge on any atom is 0.492 e. The fraction of sp³-hybridized carbons (Fsp3) is 0.538. The van der Waals surface area contributed by atoms with Gasteiger partial charge in [-0.1, -0.05) is 0 Å². The van der Waals surface area contributed by atoms with Gasteiger partial charge in [0.05, 0.1) is 11.2 Å². The van der Waals surface area contributed by atoms with Gasteiger partial charge in [-0.3, -0.25) is 0 Å². The quantitative estimate of drug-likeness (QED) is 0.664. The average Bonchev–Trinajstić information content (AvgIpc) is 2.80. The fourth-order valence-corrected chi connectivity index (χ4v) is 2.16. The highest BCUT2D eigenvalue weighted by molar-refractivity contribution is 6.55. The first-order valence-corrected chi connectivity index (χ1v) is 6.25. The second kappa shape index (κ2) is 3.65. The Morgan fingerprint density at radius 3 is 2.50 bits per heavy atom. The van der Waals surface area contributed by atoms with Crippen LogP contribution in [0.4, 0.5) is 0 Å². The van der Waals surface area contributed by atoms with E-state index in [-0.39, 0.29) is 18.3 Å². The summed E-state index contributed by atoms with van der Waals surface area (Å²) in [6.07, 6.45) is 6.42. The molecule has 0 saturated carbocycles. The summed E-state index contributed by atoms with van der Waals surface area (Å²) < 4.78 is 12.0. The molecule has 3 heterocycles. The second-order valence-electron chi connectivity index (χ2n) is 5.89. The lowest BCUT2D eigenvalue weighted by Gasteiger charge is -2.32. The van der Waals surface area contributed by atoms with Gasteiger partial charge in [-0.25, -0.2) is 9.98 Å². The maximum atomic E-state index is 6.02. The summed E-state index contributed by atoms with van der Waals surface area (Å²) in [4.78, 5) is 8.52. The van der Waals surface area contributed by atoms with Gasteiger partial charge in [0.1, 0.15) is 0 Å². The van der Waals surface area contributed by atoms with Crippen molar-refractivity contribution in [1.29, 1.82) is 0 Å². The molecule has 3 rings (SSSR count). The largest absolute Gasteiger partial charge is 0.492 e. The average molecular weight is 244 g/mol. The van der Waals surface area contributed by atoms with Crippen LogP contribution in [0.1, 0.15) is 34.1 Å². The summed E-state index contributed by atoms with van der Waals surface area (Å²) in [6, 6.07) is 0. The molecular weight excluding hydrogens is 227 g/mol. The number of fused-ring (bicyclic) bond motifs is 1. The van der Waals surface area contributed by atoms with Crippen molar-refractivity contribution in [2.45, 2.75) is 45.3 Å². The number of aliphatic imine (C=N–C) groups is 2. The molecular formula is C13H17BN2O2. The van der Waals surface area contributed by atoms with Crippen molar-refractivity contribution in [1.82, 2.24) is 0 Å². The predicted molar refractivity (Wildman–Crippen MR) is 72.8 cm³/mol. The Labute approximate surface area is 108 Å². The maximum absolute atomic E-state index is 6.02. The Balaban J connectivity index is 1.83. The van der Waals surface area contributed by atoms with E-state index in [1.165, 1.54) is 0 Å². The topological polar surface area (TPSA) is 43.2 Å². The second-order valence-corrected chi connectivity index (χ2v) is 5.89. The van der Waals surface area contributed by atoms with Crippen LogP contribution in [-0.4, -0.2) is 30.4 Å². The molecule has 0 atom stereocenters. The minimum absolute atomic E-state index is 0.303. The first-order valence-electron chi connectivity index (χ1n) is 6.25. The van der Waals surface area contributed by atoms with E-state index in [9.17, 15) is 0 Å². The van der Waals surface area contributed by atoms with E-state index >= 15 is 0 Å². The normalized spacial score (nSPS) is 27.8. The van der Waals surface area contributed by atoms with E-state index in [0.29, 0.717) is 0 Å². The van der Waals surface area contributed by atoms with Gasteiger partial charge >= 0.3 is 7.12 Å². The summed E-state index contributed by atoms with van der Waals surface area (Å²) >= 11 is 0. The zero-order chi connectivity index (χ0) is 13.0. The first kappa shape index (κ1) is 11.9. The van der Waals surface area contributed by atoms with Crippen LogP contribution in [0, 0.1) is 0 Å². The molecule has 18 heavy (non-hydrogen) atoms. The molecule has 0 N–H and O–H groups in total. The van der Waals surface area contributed by atoms with E-state index in [4.69, 9.17) is 9.31 Å². The van der Waals surface area contributed by atoms with Gasteiger partial charge in [0, 0.05) is 18.0 Å². The molecule has 94 valence electrons. The molecule has 0 aliphatic carbocycles. The lowest BCUT2D eigenvalue weighted by molar-refractivity contribution is 0.00578. The molecule has 1 saturated heterocycles. The Morgan fingerprint density at radius 1 is 1.17 bits per heavy atom. The van der Waals surface area contributed by atoms with Crippen LogP contribution in [0.15, 0.2) is 33.3 Å². The van der Waals surface area contributed by atoms with Crippen LogP contribution in [0.3, 0.4) is 0 Å². The van der Waals surface area contributed by atoms with Crippen molar-refractivity contribution in [2.75, 3.05) is 0 Å². The zero-order valence-electron chi connectivity index (χ0n) is 11.2. The van der Waals surface area contributed by atoms with E-state index in [1.54, 1.807) is 6.21 Å². The van der Waals surface area contributed by atoms with Gasteiger partial charge in [-0.05, 0) is 45.7 Å². The lowest BCUT2D eigenvalue weighted by atomic mass is 9.74. The van der Waals surface area contributed by atoms with Gasteiger partial charge in [-0.15, -0.1) is 0 Å². The van der Waals surface area contributed by atoms with Crippen LogP contribution < -0.4 is 0 Å². The molecule has 0 aromatic heterocycles. The van der Waals surface area contributed by atoms with Crippen molar-refractivity contribution in [2.24, 2.45) is 9.98 Å². The van der Waals surface area contributed by atoms with Crippen LogP contribution in [-0.2, 0) is 9.31 Å². The summed E-state index contributed by atoms with van der Waals surface area (Å²) in [5.74, 6) is 0.815. The molecule has 0 amide bonds. The van der Waals surface area contributed by atoms with E-state index in [2.05, 4.69) is 37.7 Å². The summed E-state index contributed by atoms with van der Waals surface area (Å²) in [7, 11) is -0.304. The predicted octanol–water partition coefficient (Wildman–Crippen LogP) is 2.31. The first-order chi connectivity index (χ1) is 8.39. The molecule has 4 nitrogen and oxygen atoms in total. The van der Waals surface area contributed by atoms with Gasteiger partial charge in [0.15, 0.2) is 5.84 Å². The molecule has 5 heteroatoms. The molecule has 0 aromatic carbocycles. The van der Waals surface area contributed by atoms with Crippen LogP contribution in [0.25, 0.3) is 0 Å². The van der Waals surface area contributed by atoms with Gasteiger partial charge in [0.25, 0.3) is 0 Å². The zero-order valence-corrected chi connectivity index (χ0v) is 11.2. The SMILES string of the molecule is CC1(C)OB(C2=CN=C3N=CC=C3C2)OC1(C)C. The van der Waals surface area contributed by atoms with Crippen molar-refractivity contribution >= 4 is 19.2 Å². The smallest absolute Gasteiger partial charge is 0.400 e. The summed E-state index contributed by atoms with van der Waals surface area (Å²) in [5, 5.41) is 0. The molecule has 1 fully saturated rings. The number of hydrogen-bond donors (Lipinski definition) is 0. The molecule has 0 aromatic rings. The third-order valence-electron chi connectivity index (χ3n) is 4.06. The number of allylic oxidation sites excluding steroid dienone is 2. The van der Waals surface area contributed by atoms with E-state index < -0.39 is 0 Å². The van der Waals surface area contributed by atoms with E-state index in [1.807, 2.05) is 12.3 Å². The molecule has 0 unspecified atom stereocenters. The van der Waals surface area contributed by atoms with Crippen LogP contribution in [0.5, 0.6) is 0 Å². The van der Waals surface area contributed by atoms with Crippen LogP contribution >= 0.6 is 0 Å². The van der Waals surface area contributed by atoms with Crippen molar-refractivity contribution < 1.29 is 9.31 Å². The summed E-state index contributed by atoms with van der Waals surface area (Å²) in [6.45, 7) is 8.23. The van der Waals surface area contributed by atoms with Crippen molar-refractivity contribution in [3.8, 4) is 0 Å². The molecule has 0 spiro atoms. The highest BCUT2D eigenvalue weighted by atomic mass is 16.7. The van der Waals surface area contributed by atoms with E-state index in [0.717, 1.165) is 23.3 Å². The minimum Gasteiger partial charge on any atom is -0.400 e. The number of rotatable bonds is 1. The van der Waals surface area contributed by atoms with Crippen LogP contribution in [0.2, 0.25) is 0 Å². The van der Waals surface area contributed by atoms with Gasteiger partial charge in [-0.2, -0.15) is 0 Å². The number of hydrogen-bond acceptors (Lipinski definition) is 4. The Bertz CT molecular complexity index is 499. The number of nitrogens with zero attached hydrogens (tertiary/aromatic N) is 2. The monoisotopic (exact) mass is 244 g/mol. The third kappa shape index (κ3) is 1.69. The molecule has 3 aliphatic heterocycles. The van der Waals surface area contributed by atoms with Crippen molar-refractivity contribution in [3.05, 3.63) is 23.3 Å². The summed E-state index contributed by atoms with van der Waals surface area (Å²) in [5.41, 5.74) is 1.60. The standard InChI is InChI=1S/C13H17BN2O2/c1-12(2)13(3,4)18-14(17-12)10-7-9-5-6-15-11(9)16-8-10/h5-6,8H,7H2,1-4H3. The molecule has 0 bridgehead atoms. The van der Waals surface area contributed by atoms with Gasteiger partial charge in [0.2, 0.25) is 0 Å². The Morgan fingerprint density at radius 2 is 1.83 bits per heavy atom. The third-order valence-corrected chi connectivity index (χ3v) is 4.06. The molecule has 0 radical (unpaired) electrons. The Kier molecular flexibility index (Phi) is 2.41.